The van der Waals surface area contributed by atoms with Gasteiger partial charge >= 0.3 is 5.69 Å². The predicted octanol–water partition coefficient (Wildman–Crippen LogP) is 6.73. The highest BCUT2D eigenvalue weighted by molar-refractivity contribution is 7.89. The maximum Gasteiger partial charge on any atom is 0.346 e. The third kappa shape index (κ3) is 8.07. The van der Waals surface area contributed by atoms with Crippen molar-refractivity contribution >= 4 is 10.0 Å². The topological polar surface area (TPSA) is 86.0 Å². The molecule has 0 radical (unpaired) electrons. The SMILES string of the molecule is CCn1c(CCCc2ccc(-c3cccc(CNS(=O)(=O)c4ccccc4)c3)cc2)nn(Cc2ccc(C(C)(C)C)cc2)c1=O. The molecule has 0 aliphatic carbocycles. The zero-order valence-corrected chi connectivity index (χ0v) is 27.3. The average molecular weight is 623 g/mol. The predicted molar refractivity (Wildman–Crippen MR) is 181 cm³/mol. The molecule has 8 heteroatoms. The number of benzene rings is 4. The first-order valence-corrected chi connectivity index (χ1v) is 17.0. The number of nitrogens with one attached hydrogen (secondary N) is 1. The molecule has 1 heterocycles. The molecule has 0 spiro atoms. The van der Waals surface area contributed by atoms with Crippen LogP contribution in [0, 0.1) is 0 Å². The van der Waals surface area contributed by atoms with Crippen LogP contribution in [-0.4, -0.2) is 22.8 Å². The number of hydrogen-bond acceptors (Lipinski definition) is 4. The molecule has 4 aromatic carbocycles. The second-order valence-corrected chi connectivity index (χ2v) is 14.2. The molecule has 0 unspecified atom stereocenters. The Morgan fingerprint density at radius 3 is 2.11 bits per heavy atom. The van der Waals surface area contributed by atoms with Crippen LogP contribution in [0.15, 0.2) is 113 Å². The van der Waals surface area contributed by atoms with E-state index < -0.39 is 10.0 Å². The van der Waals surface area contributed by atoms with Crippen molar-refractivity contribution in [3.8, 4) is 11.1 Å². The largest absolute Gasteiger partial charge is 0.346 e. The maximum absolute atomic E-state index is 13.1. The van der Waals surface area contributed by atoms with Crippen molar-refractivity contribution in [2.75, 3.05) is 0 Å². The highest BCUT2D eigenvalue weighted by Gasteiger charge is 2.16. The van der Waals surface area contributed by atoms with E-state index in [0.717, 1.165) is 47.3 Å². The van der Waals surface area contributed by atoms with Crippen LogP contribution >= 0.6 is 0 Å². The van der Waals surface area contributed by atoms with Gasteiger partial charge in [-0.25, -0.2) is 22.6 Å². The van der Waals surface area contributed by atoms with Gasteiger partial charge < -0.3 is 0 Å². The first kappa shape index (κ1) is 32.1. The smallest absolute Gasteiger partial charge is 0.279 e. The summed E-state index contributed by atoms with van der Waals surface area (Å²) in [6.45, 7) is 9.84. The zero-order valence-electron chi connectivity index (χ0n) is 26.5. The fraction of sp³-hybridized carbons (Fsp3) is 0.297. The molecule has 1 aromatic heterocycles. The number of rotatable bonds is 12. The zero-order chi connectivity index (χ0) is 32.0. The normalized spacial score (nSPS) is 12.0. The van der Waals surface area contributed by atoms with Gasteiger partial charge in [-0.15, -0.1) is 0 Å². The first-order chi connectivity index (χ1) is 21.5. The molecule has 0 saturated carbocycles. The van der Waals surface area contributed by atoms with Crippen molar-refractivity contribution in [3.05, 3.63) is 142 Å². The number of aryl methyl sites for hydroxylation is 2. The minimum atomic E-state index is -3.57. The van der Waals surface area contributed by atoms with Gasteiger partial charge in [0.2, 0.25) is 10.0 Å². The van der Waals surface area contributed by atoms with Crippen LogP contribution in [-0.2, 0) is 47.9 Å². The highest BCUT2D eigenvalue weighted by atomic mass is 32.2. The van der Waals surface area contributed by atoms with Crippen molar-refractivity contribution in [2.45, 2.75) is 76.9 Å². The number of aromatic nitrogens is 3. The van der Waals surface area contributed by atoms with E-state index in [4.69, 9.17) is 5.10 Å². The van der Waals surface area contributed by atoms with Crippen LogP contribution in [0.2, 0.25) is 0 Å². The molecule has 5 aromatic rings. The lowest BCUT2D eigenvalue weighted by Gasteiger charge is -2.19. The number of nitrogens with zero attached hydrogens (tertiary/aromatic N) is 3. The summed E-state index contributed by atoms with van der Waals surface area (Å²) >= 11 is 0. The van der Waals surface area contributed by atoms with Gasteiger partial charge in [-0.2, -0.15) is 5.10 Å². The van der Waals surface area contributed by atoms with E-state index in [0.29, 0.717) is 13.1 Å². The van der Waals surface area contributed by atoms with Gasteiger partial charge in [0, 0.05) is 19.5 Å². The van der Waals surface area contributed by atoms with Gasteiger partial charge in [0.1, 0.15) is 5.82 Å². The molecule has 0 bridgehead atoms. The van der Waals surface area contributed by atoms with Crippen LogP contribution in [0.5, 0.6) is 0 Å². The molecular formula is C37H42N4O3S. The van der Waals surface area contributed by atoms with Gasteiger partial charge in [-0.3, -0.25) is 4.57 Å². The second kappa shape index (κ2) is 13.8. The number of hydrogen-bond donors (Lipinski definition) is 1. The summed E-state index contributed by atoms with van der Waals surface area (Å²) in [5, 5.41) is 4.71. The molecule has 7 nitrogen and oxygen atoms in total. The maximum atomic E-state index is 13.1. The van der Waals surface area contributed by atoms with Crippen molar-refractivity contribution < 1.29 is 8.42 Å². The van der Waals surface area contributed by atoms with E-state index in [1.807, 2.05) is 31.2 Å². The Morgan fingerprint density at radius 2 is 1.44 bits per heavy atom. The van der Waals surface area contributed by atoms with E-state index in [-0.39, 0.29) is 22.5 Å². The Kier molecular flexibility index (Phi) is 9.85. The minimum absolute atomic E-state index is 0.0631. The molecule has 0 aliphatic rings. The molecule has 0 saturated heterocycles. The van der Waals surface area contributed by atoms with Crippen LogP contribution in [0.25, 0.3) is 11.1 Å². The number of sulfonamides is 1. The average Bonchev–Trinajstić information content (AvgIpc) is 3.34. The van der Waals surface area contributed by atoms with E-state index in [9.17, 15) is 13.2 Å². The van der Waals surface area contributed by atoms with E-state index >= 15 is 0 Å². The molecule has 45 heavy (non-hydrogen) atoms. The molecule has 1 N–H and O–H groups in total. The van der Waals surface area contributed by atoms with Gasteiger partial charge in [0.25, 0.3) is 0 Å². The lowest BCUT2D eigenvalue weighted by Crippen LogP contribution is -2.25. The summed E-state index contributed by atoms with van der Waals surface area (Å²) in [5.74, 6) is 0.824. The molecule has 5 rings (SSSR count). The van der Waals surface area contributed by atoms with Gasteiger partial charge in [0.15, 0.2) is 0 Å². The summed E-state index contributed by atoms with van der Waals surface area (Å²) in [5.41, 5.74) is 6.57. The van der Waals surface area contributed by atoms with Crippen LogP contribution in [0.1, 0.15) is 62.2 Å². The Labute approximate surface area is 266 Å². The third-order valence-corrected chi connectivity index (χ3v) is 9.49. The molecule has 0 amide bonds. The van der Waals surface area contributed by atoms with Crippen molar-refractivity contribution in [2.24, 2.45) is 0 Å². The van der Waals surface area contributed by atoms with Crippen molar-refractivity contribution in [1.29, 1.82) is 0 Å². The van der Waals surface area contributed by atoms with E-state index in [1.54, 1.807) is 39.6 Å². The third-order valence-electron chi connectivity index (χ3n) is 8.07. The van der Waals surface area contributed by atoms with Gasteiger partial charge in [-0.05, 0) is 76.8 Å². The lowest BCUT2D eigenvalue weighted by molar-refractivity contribution is 0.581. The van der Waals surface area contributed by atoms with Gasteiger partial charge in [0.05, 0.1) is 11.4 Å². The summed E-state index contributed by atoms with van der Waals surface area (Å²) in [6, 6.07) is 33.2. The van der Waals surface area contributed by atoms with Crippen LogP contribution in [0.3, 0.4) is 0 Å². The van der Waals surface area contributed by atoms with E-state index in [1.165, 1.54) is 11.1 Å². The van der Waals surface area contributed by atoms with Crippen molar-refractivity contribution in [1.82, 2.24) is 19.1 Å². The van der Waals surface area contributed by atoms with Crippen molar-refractivity contribution in [3.63, 3.8) is 0 Å². The molecule has 0 atom stereocenters. The monoisotopic (exact) mass is 622 g/mol. The van der Waals surface area contributed by atoms with Gasteiger partial charge in [-0.1, -0.05) is 106 Å². The fourth-order valence-corrected chi connectivity index (χ4v) is 6.45. The van der Waals surface area contributed by atoms with Crippen LogP contribution < -0.4 is 10.4 Å². The standard InChI is InChI=1S/C37H42N4O3S/c1-5-40-35(39-41(36(40)42)27-29-19-23-33(24-20-29)37(2,3)4)16-10-11-28-17-21-31(22-18-28)32-13-9-12-30(25-32)26-38-45(43,44)34-14-7-6-8-15-34/h6-9,12-15,17-25,38H,5,10-11,16,26-27H2,1-4H3. The summed E-state index contributed by atoms with van der Waals surface area (Å²) < 4.78 is 31.3. The molecule has 0 aliphatic heterocycles. The Hall–Kier alpha value is -4.27. The fourth-order valence-electron chi connectivity index (χ4n) is 5.41. The molecular weight excluding hydrogens is 580 g/mol. The summed E-state index contributed by atoms with van der Waals surface area (Å²) in [4.78, 5) is 13.3. The van der Waals surface area contributed by atoms with Crippen LogP contribution in [0.4, 0.5) is 0 Å². The first-order valence-electron chi connectivity index (χ1n) is 15.5. The summed E-state index contributed by atoms with van der Waals surface area (Å²) in [7, 11) is -3.57. The van der Waals surface area contributed by atoms with E-state index in [2.05, 4.69) is 74.0 Å². The summed E-state index contributed by atoms with van der Waals surface area (Å²) in [6.07, 6.45) is 2.48. The Morgan fingerprint density at radius 1 is 0.756 bits per heavy atom. The molecule has 0 fully saturated rings. The Bertz CT molecular complexity index is 1880. The highest BCUT2D eigenvalue weighted by Crippen LogP contribution is 2.23. The Balaban J connectivity index is 1.18. The second-order valence-electron chi connectivity index (χ2n) is 12.4. The minimum Gasteiger partial charge on any atom is -0.279 e. The lowest BCUT2D eigenvalue weighted by atomic mass is 9.87. The quantitative estimate of drug-likeness (QED) is 0.167. The molecule has 234 valence electrons.